The lowest BCUT2D eigenvalue weighted by atomic mass is 10.3. The second-order valence-electron chi connectivity index (χ2n) is 2.10. The van der Waals surface area contributed by atoms with Crippen LogP contribution in [0, 0.1) is 5.82 Å². The van der Waals surface area contributed by atoms with Gasteiger partial charge in [-0.1, -0.05) is 0 Å². The van der Waals surface area contributed by atoms with Crippen molar-refractivity contribution in [2.45, 2.75) is 4.90 Å². The normalized spacial score (nSPS) is 10.0. The average Bonchev–Trinajstić information content (AvgIpc) is 2.10. The molecule has 0 radical (unpaired) electrons. The van der Waals surface area contributed by atoms with Crippen molar-refractivity contribution in [1.29, 1.82) is 0 Å². The molecule has 1 aromatic carbocycles. The van der Waals surface area contributed by atoms with E-state index in [2.05, 4.69) is 15.9 Å². The monoisotopic (exact) mass is 250 g/mol. The number of hydrogen-bond donors (Lipinski definition) is 0. The van der Waals surface area contributed by atoms with Crippen LogP contribution in [0.3, 0.4) is 0 Å². The van der Waals surface area contributed by atoms with Crippen LogP contribution in [-0.2, 0) is 0 Å². The lowest BCUT2D eigenvalue weighted by Gasteiger charge is -2.06. The third-order valence-electron chi connectivity index (χ3n) is 1.45. The lowest BCUT2D eigenvalue weighted by Crippen LogP contribution is -1.89. The Balaban J connectivity index is 3.20. The Morgan fingerprint density at radius 1 is 1.50 bits per heavy atom. The maximum Gasteiger partial charge on any atom is 0.154 e. The molecule has 0 bridgehead atoms. The summed E-state index contributed by atoms with van der Waals surface area (Å²) in [5, 5.41) is 0. The molecule has 0 saturated heterocycles. The fraction of sp³-hybridized carbons (Fsp3) is 0.250. The zero-order chi connectivity index (χ0) is 9.14. The van der Waals surface area contributed by atoms with Crippen LogP contribution in [0.15, 0.2) is 21.5 Å². The van der Waals surface area contributed by atoms with E-state index in [0.29, 0.717) is 15.1 Å². The van der Waals surface area contributed by atoms with Gasteiger partial charge in [-0.05, 0) is 34.3 Å². The standard InChI is InChI=1S/C8H8BrFOS/c1-11-5-3-4-6(12-2)8(10)7(5)9/h3-4H,1-2H3. The van der Waals surface area contributed by atoms with Crippen molar-refractivity contribution >= 4 is 27.7 Å². The first-order chi connectivity index (χ1) is 5.70. The molecule has 0 spiro atoms. The van der Waals surface area contributed by atoms with Crippen molar-refractivity contribution in [2.75, 3.05) is 13.4 Å². The van der Waals surface area contributed by atoms with E-state index in [1.807, 2.05) is 6.26 Å². The van der Waals surface area contributed by atoms with Crippen LogP contribution < -0.4 is 4.74 Å². The van der Waals surface area contributed by atoms with Gasteiger partial charge >= 0.3 is 0 Å². The number of thioether (sulfide) groups is 1. The molecule has 0 heterocycles. The Morgan fingerprint density at radius 3 is 2.67 bits per heavy atom. The smallest absolute Gasteiger partial charge is 0.154 e. The van der Waals surface area contributed by atoms with Crippen molar-refractivity contribution in [2.24, 2.45) is 0 Å². The van der Waals surface area contributed by atoms with E-state index in [-0.39, 0.29) is 5.82 Å². The van der Waals surface area contributed by atoms with Gasteiger partial charge < -0.3 is 4.74 Å². The molecule has 4 heteroatoms. The number of methoxy groups -OCH3 is 1. The Morgan fingerprint density at radius 2 is 2.17 bits per heavy atom. The van der Waals surface area contributed by atoms with Crippen LogP contribution in [0.4, 0.5) is 4.39 Å². The van der Waals surface area contributed by atoms with Crippen molar-refractivity contribution in [1.82, 2.24) is 0 Å². The first-order valence-corrected chi connectivity index (χ1v) is 5.28. The molecular formula is C8H8BrFOS. The van der Waals surface area contributed by atoms with Crippen LogP contribution in [0.1, 0.15) is 0 Å². The third kappa shape index (κ3) is 1.75. The van der Waals surface area contributed by atoms with Crippen molar-refractivity contribution in [3.05, 3.63) is 22.4 Å². The van der Waals surface area contributed by atoms with Gasteiger partial charge in [0, 0.05) is 4.90 Å². The summed E-state index contributed by atoms with van der Waals surface area (Å²) >= 11 is 4.49. The van der Waals surface area contributed by atoms with Gasteiger partial charge in [0.05, 0.1) is 11.6 Å². The molecule has 0 saturated carbocycles. The molecule has 0 fully saturated rings. The number of halogens is 2. The third-order valence-corrected chi connectivity index (χ3v) is 2.95. The van der Waals surface area contributed by atoms with E-state index < -0.39 is 0 Å². The van der Waals surface area contributed by atoms with Crippen LogP contribution in [0.5, 0.6) is 5.75 Å². The summed E-state index contributed by atoms with van der Waals surface area (Å²) < 4.78 is 18.6. The van der Waals surface area contributed by atoms with E-state index >= 15 is 0 Å². The molecule has 1 aromatic rings. The SMILES string of the molecule is COc1ccc(SC)c(F)c1Br. The molecule has 0 N–H and O–H groups in total. The summed E-state index contributed by atoms with van der Waals surface area (Å²) in [6.45, 7) is 0. The zero-order valence-electron chi connectivity index (χ0n) is 6.73. The van der Waals surface area contributed by atoms with Crippen LogP contribution in [-0.4, -0.2) is 13.4 Å². The lowest BCUT2D eigenvalue weighted by molar-refractivity contribution is 0.406. The first-order valence-electron chi connectivity index (χ1n) is 3.26. The molecule has 12 heavy (non-hydrogen) atoms. The average molecular weight is 251 g/mol. The highest BCUT2D eigenvalue weighted by molar-refractivity contribution is 9.10. The van der Waals surface area contributed by atoms with Crippen molar-refractivity contribution < 1.29 is 9.13 Å². The molecule has 0 aliphatic heterocycles. The largest absolute Gasteiger partial charge is 0.495 e. The first kappa shape index (κ1) is 9.86. The number of hydrogen-bond acceptors (Lipinski definition) is 2. The second kappa shape index (κ2) is 4.14. The summed E-state index contributed by atoms with van der Waals surface area (Å²) in [6.07, 6.45) is 1.83. The highest BCUT2D eigenvalue weighted by Crippen LogP contribution is 2.33. The molecule has 1 nitrogen and oxygen atoms in total. The topological polar surface area (TPSA) is 9.23 Å². The molecule has 66 valence electrons. The van der Waals surface area contributed by atoms with Gasteiger partial charge in [0.2, 0.25) is 0 Å². The second-order valence-corrected chi connectivity index (χ2v) is 3.74. The van der Waals surface area contributed by atoms with Crippen LogP contribution >= 0.6 is 27.7 Å². The van der Waals surface area contributed by atoms with Gasteiger partial charge in [0.15, 0.2) is 5.82 Å². The number of ether oxygens (including phenoxy) is 1. The van der Waals surface area contributed by atoms with Gasteiger partial charge in [0.1, 0.15) is 5.75 Å². The Bertz CT molecular complexity index is 262. The fourth-order valence-electron chi connectivity index (χ4n) is 0.829. The molecule has 0 atom stereocenters. The Kier molecular flexibility index (Phi) is 3.40. The molecule has 1 rings (SSSR count). The van der Waals surface area contributed by atoms with Gasteiger partial charge in [-0.25, -0.2) is 4.39 Å². The van der Waals surface area contributed by atoms with E-state index in [0.717, 1.165) is 0 Å². The summed E-state index contributed by atoms with van der Waals surface area (Å²) in [7, 11) is 1.51. The van der Waals surface area contributed by atoms with Gasteiger partial charge in [-0.2, -0.15) is 0 Å². The minimum atomic E-state index is -0.262. The number of benzene rings is 1. The Hall–Kier alpha value is -0.220. The van der Waals surface area contributed by atoms with E-state index in [9.17, 15) is 4.39 Å². The Labute approximate surface area is 83.4 Å². The van der Waals surface area contributed by atoms with Crippen LogP contribution in [0.25, 0.3) is 0 Å². The molecule has 0 aliphatic carbocycles. The summed E-state index contributed by atoms with van der Waals surface area (Å²) in [4.78, 5) is 0.614. The molecule has 0 aromatic heterocycles. The van der Waals surface area contributed by atoms with Gasteiger partial charge in [0.25, 0.3) is 0 Å². The summed E-state index contributed by atoms with van der Waals surface area (Å²) in [5.74, 6) is 0.257. The predicted molar refractivity (Wildman–Crippen MR) is 52.4 cm³/mol. The predicted octanol–water partition coefficient (Wildman–Crippen LogP) is 3.32. The zero-order valence-corrected chi connectivity index (χ0v) is 9.13. The van der Waals surface area contributed by atoms with Crippen molar-refractivity contribution in [3.63, 3.8) is 0 Å². The minimum Gasteiger partial charge on any atom is -0.495 e. The maximum atomic E-state index is 13.3. The van der Waals surface area contributed by atoms with E-state index in [4.69, 9.17) is 4.74 Å². The molecule has 0 aliphatic rings. The van der Waals surface area contributed by atoms with E-state index in [1.54, 1.807) is 12.1 Å². The molecule has 0 unspecified atom stereocenters. The number of rotatable bonds is 2. The fourth-order valence-corrected chi connectivity index (χ4v) is 1.95. The van der Waals surface area contributed by atoms with Crippen molar-refractivity contribution in [3.8, 4) is 5.75 Å². The highest BCUT2D eigenvalue weighted by atomic mass is 79.9. The quantitative estimate of drug-likeness (QED) is 0.745. The summed E-state index contributed by atoms with van der Waals surface area (Å²) in [6, 6.07) is 3.43. The minimum absolute atomic E-state index is 0.262. The highest BCUT2D eigenvalue weighted by Gasteiger charge is 2.10. The molecular weight excluding hydrogens is 243 g/mol. The molecule has 0 amide bonds. The van der Waals surface area contributed by atoms with Gasteiger partial charge in [-0.15, -0.1) is 11.8 Å². The van der Waals surface area contributed by atoms with E-state index in [1.165, 1.54) is 18.9 Å². The van der Waals surface area contributed by atoms with Crippen LogP contribution in [0.2, 0.25) is 0 Å². The summed E-state index contributed by atoms with van der Waals surface area (Å²) in [5.41, 5.74) is 0. The maximum absolute atomic E-state index is 13.3. The van der Waals surface area contributed by atoms with Gasteiger partial charge in [-0.3, -0.25) is 0 Å².